The molecule has 2 heterocycles. The Balaban J connectivity index is 0.00000364. The van der Waals surface area contributed by atoms with Gasteiger partial charge in [0.1, 0.15) is 0 Å². The number of rotatable bonds is 9. The number of halogens is 1. The first-order chi connectivity index (χ1) is 12.6. The Kier molecular flexibility index (Phi) is 9.79. The number of aromatic amines is 1. The third-order valence-corrected chi connectivity index (χ3v) is 5.32. The summed E-state index contributed by atoms with van der Waals surface area (Å²) in [7, 11) is 0. The Morgan fingerprint density at radius 2 is 1.59 bits per heavy atom. The molecule has 0 saturated heterocycles. The molecule has 0 bridgehead atoms. The fraction of sp³-hybridized carbons (Fsp3) is 0.565. The van der Waals surface area contributed by atoms with E-state index in [-0.39, 0.29) is 12.4 Å². The van der Waals surface area contributed by atoms with Gasteiger partial charge in [-0.1, -0.05) is 47.5 Å². The van der Waals surface area contributed by atoms with Gasteiger partial charge in [0.25, 0.3) is 0 Å². The molecule has 0 aliphatic rings. The predicted octanol–water partition coefficient (Wildman–Crippen LogP) is 2.13. The summed E-state index contributed by atoms with van der Waals surface area (Å²) in [6.07, 6.45) is 10.6. The number of aryl methyl sites for hydroxylation is 2. The molecule has 0 aromatic carbocycles. The van der Waals surface area contributed by atoms with Crippen molar-refractivity contribution in [2.24, 2.45) is 0 Å². The molecule has 0 fully saturated rings. The third-order valence-electron chi connectivity index (χ3n) is 5.32. The minimum Gasteiger partial charge on any atom is -1.00 e. The van der Waals surface area contributed by atoms with Crippen molar-refractivity contribution in [2.75, 3.05) is 5.73 Å². The molecule has 0 saturated carbocycles. The number of unbranched alkanes of at least 4 members (excludes halogenated alkanes) is 1. The monoisotopic (exact) mass is 389 g/mol. The van der Waals surface area contributed by atoms with Crippen molar-refractivity contribution < 1.29 is 17.4 Å². The molecule has 0 radical (unpaired) electrons. The number of hydrogen-bond acceptors (Lipinski definition) is 2. The van der Waals surface area contributed by atoms with E-state index in [1.165, 1.54) is 40.8 Å². The molecule has 2 rings (SSSR count). The molecule has 2 aromatic heterocycles. The third kappa shape index (κ3) is 5.01. The highest BCUT2D eigenvalue weighted by molar-refractivity contribution is 5.75. The van der Waals surface area contributed by atoms with Gasteiger partial charge in [-0.15, -0.1) is 0 Å². The summed E-state index contributed by atoms with van der Waals surface area (Å²) < 4.78 is 0. The minimum absolute atomic E-state index is 0. The van der Waals surface area contributed by atoms with Crippen LogP contribution < -0.4 is 23.1 Å². The maximum Gasteiger partial charge on any atom is 0.235 e. The van der Waals surface area contributed by atoms with Crippen molar-refractivity contribution in [1.29, 1.82) is 0 Å². The predicted molar refractivity (Wildman–Crippen MR) is 111 cm³/mol. The Morgan fingerprint density at radius 3 is 2.15 bits per heavy atom. The quantitative estimate of drug-likeness (QED) is 0.714. The van der Waals surface area contributed by atoms with Crippen LogP contribution in [0.25, 0.3) is 11.4 Å². The van der Waals surface area contributed by atoms with E-state index in [0.717, 1.165) is 55.6 Å². The van der Waals surface area contributed by atoms with Crippen LogP contribution >= 0.6 is 0 Å². The molecular weight excluding hydrogens is 354 g/mol. The molecule has 2 aromatic rings. The number of nitrogen functional groups attached to an aromatic ring is 1. The van der Waals surface area contributed by atoms with Crippen molar-refractivity contribution >= 4 is 5.69 Å². The number of H-pyrrole nitrogens is 1. The van der Waals surface area contributed by atoms with E-state index in [9.17, 15) is 0 Å². The van der Waals surface area contributed by atoms with Gasteiger partial charge in [0.05, 0.1) is 5.69 Å². The first kappa shape index (κ1) is 23.4. The molecule has 3 nitrogen and oxygen atoms in total. The average Bonchev–Trinajstić information content (AvgIpc) is 2.66. The van der Waals surface area contributed by atoms with E-state index in [1.807, 2.05) is 6.20 Å². The van der Waals surface area contributed by atoms with E-state index in [2.05, 4.69) is 45.7 Å². The Labute approximate surface area is 171 Å². The lowest BCUT2D eigenvalue weighted by molar-refractivity contribution is -0.365. The van der Waals surface area contributed by atoms with Crippen LogP contribution in [0.2, 0.25) is 0 Å². The van der Waals surface area contributed by atoms with Crippen LogP contribution in [0.4, 0.5) is 5.69 Å². The van der Waals surface area contributed by atoms with Crippen LogP contribution in [0.3, 0.4) is 0 Å². The van der Waals surface area contributed by atoms with Gasteiger partial charge in [0.2, 0.25) is 5.69 Å². The van der Waals surface area contributed by atoms with Crippen molar-refractivity contribution in [3.63, 3.8) is 0 Å². The highest BCUT2D eigenvalue weighted by Gasteiger charge is 2.23. The molecular formula is C23H36ClN3. The highest BCUT2D eigenvalue weighted by atomic mass is 35.5. The lowest BCUT2D eigenvalue weighted by atomic mass is 9.92. The number of anilines is 1. The maximum atomic E-state index is 6.72. The van der Waals surface area contributed by atoms with Gasteiger partial charge >= 0.3 is 0 Å². The fourth-order valence-corrected chi connectivity index (χ4v) is 3.97. The molecule has 0 unspecified atom stereocenters. The molecule has 150 valence electrons. The Bertz CT molecular complexity index is 741. The summed E-state index contributed by atoms with van der Waals surface area (Å²) >= 11 is 0. The van der Waals surface area contributed by atoms with Gasteiger partial charge in [0, 0.05) is 17.3 Å². The van der Waals surface area contributed by atoms with Gasteiger partial charge in [-0.3, -0.25) is 0 Å². The van der Waals surface area contributed by atoms with E-state index in [1.54, 1.807) is 0 Å². The van der Waals surface area contributed by atoms with Crippen molar-refractivity contribution in [1.82, 2.24) is 4.98 Å². The second kappa shape index (κ2) is 11.3. The topological polar surface area (TPSA) is 53.0 Å². The van der Waals surface area contributed by atoms with Gasteiger partial charge < -0.3 is 18.1 Å². The number of nitrogens with one attached hydrogen (secondary N) is 1. The fourth-order valence-electron chi connectivity index (χ4n) is 3.97. The first-order valence-electron chi connectivity index (χ1n) is 10.4. The van der Waals surface area contributed by atoms with Crippen LogP contribution in [0.1, 0.15) is 81.8 Å². The smallest absolute Gasteiger partial charge is 0.235 e. The van der Waals surface area contributed by atoms with Crippen molar-refractivity contribution in [3.8, 4) is 11.4 Å². The normalized spacial score (nSPS) is 10.7. The second-order valence-electron chi connectivity index (χ2n) is 7.05. The lowest BCUT2D eigenvalue weighted by Crippen LogP contribution is -3.00. The van der Waals surface area contributed by atoms with Gasteiger partial charge in [-0.05, 0) is 55.2 Å². The second-order valence-corrected chi connectivity index (χ2v) is 7.05. The molecule has 3 N–H and O–H groups in total. The summed E-state index contributed by atoms with van der Waals surface area (Å²) in [6, 6.07) is 2.21. The summed E-state index contributed by atoms with van der Waals surface area (Å²) in [4.78, 5) is 8.53. The van der Waals surface area contributed by atoms with E-state index < -0.39 is 0 Å². The van der Waals surface area contributed by atoms with Gasteiger partial charge in [-0.2, -0.15) is 0 Å². The number of pyridine rings is 2. The van der Waals surface area contributed by atoms with E-state index >= 15 is 0 Å². The van der Waals surface area contributed by atoms with Crippen LogP contribution in [-0.4, -0.2) is 4.98 Å². The van der Waals surface area contributed by atoms with Crippen molar-refractivity contribution in [2.45, 2.75) is 86.0 Å². The zero-order valence-corrected chi connectivity index (χ0v) is 18.5. The largest absolute Gasteiger partial charge is 1.00 e. The Morgan fingerprint density at radius 1 is 0.889 bits per heavy atom. The van der Waals surface area contributed by atoms with Crippen molar-refractivity contribution in [3.05, 3.63) is 40.2 Å². The van der Waals surface area contributed by atoms with Gasteiger partial charge in [-0.25, -0.2) is 9.97 Å². The first-order valence-corrected chi connectivity index (χ1v) is 10.4. The molecule has 27 heavy (non-hydrogen) atoms. The summed E-state index contributed by atoms with van der Waals surface area (Å²) in [5, 5.41) is 0. The molecule has 4 heteroatoms. The molecule has 0 aliphatic heterocycles. The Hall–Kier alpha value is -1.61. The minimum atomic E-state index is 0. The maximum absolute atomic E-state index is 6.72. The zero-order valence-electron chi connectivity index (χ0n) is 17.7. The van der Waals surface area contributed by atoms with E-state index in [0.29, 0.717) is 0 Å². The number of nitrogens with zero attached hydrogens (tertiary/aromatic N) is 1. The molecule has 0 aliphatic carbocycles. The standard InChI is InChI=1S/C23H35N3.ClH/c1-6-11-13-19-18(9-4)20(10-5)26-23(21(19)24)22-17(8-3)16(12-7-2)14-15-25-22;/h14-15H,6-13,24H2,1-5H3;1H. The lowest BCUT2D eigenvalue weighted by Gasteiger charge is -2.18. The molecule has 0 amide bonds. The molecule has 0 spiro atoms. The van der Waals surface area contributed by atoms with Crippen LogP contribution in [0.5, 0.6) is 0 Å². The summed E-state index contributed by atoms with van der Waals surface area (Å²) in [5.41, 5.74) is 16.4. The highest BCUT2D eigenvalue weighted by Crippen LogP contribution is 2.33. The van der Waals surface area contributed by atoms with E-state index in [4.69, 9.17) is 10.7 Å². The zero-order chi connectivity index (χ0) is 19.1. The molecule has 0 atom stereocenters. The number of nitrogens with two attached hydrogens (primary N) is 1. The summed E-state index contributed by atoms with van der Waals surface area (Å²) in [5.74, 6) is 0. The average molecular weight is 390 g/mol. The number of aromatic nitrogens is 2. The number of hydrogen-bond donors (Lipinski definition) is 1. The van der Waals surface area contributed by atoms with Crippen LogP contribution in [-0.2, 0) is 32.1 Å². The van der Waals surface area contributed by atoms with Crippen LogP contribution in [0.15, 0.2) is 12.3 Å². The van der Waals surface area contributed by atoms with Gasteiger partial charge in [0.15, 0.2) is 11.9 Å². The summed E-state index contributed by atoms with van der Waals surface area (Å²) in [6.45, 7) is 11.1. The van der Waals surface area contributed by atoms with Crippen LogP contribution in [0, 0.1) is 0 Å². The SMILES string of the molecule is CCCCc1c(N)c(-c2[nH+]ccc(CCC)c2CC)nc(CC)c1CC.[Cl-].